The maximum atomic E-state index is 10.1. The van der Waals surface area contributed by atoms with Crippen LogP contribution >= 0.6 is 12.4 Å². The number of nitrogens with one attached hydrogen (secondary N) is 2. The second-order valence-corrected chi connectivity index (χ2v) is 11.7. The predicted octanol–water partition coefficient (Wildman–Crippen LogP) is 3.92. The highest BCUT2D eigenvalue weighted by atomic mass is 35.5. The zero-order valence-electron chi connectivity index (χ0n) is 24.3. The summed E-state index contributed by atoms with van der Waals surface area (Å²) in [5.41, 5.74) is 4.72. The summed E-state index contributed by atoms with van der Waals surface area (Å²) < 4.78 is 8.24. The molecule has 3 aliphatic rings. The van der Waals surface area contributed by atoms with Gasteiger partial charge >= 0.3 is 0 Å². The molecule has 9 nitrogen and oxygen atoms in total. The molecule has 1 saturated carbocycles. The molecule has 3 fully saturated rings. The topological polar surface area (TPSA) is 90.7 Å². The lowest BCUT2D eigenvalue weighted by molar-refractivity contribution is 0.00129. The first-order chi connectivity index (χ1) is 19.7. The Morgan fingerprint density at radius 2 is 1.76 bits per heavy atom. The molecule has 0 radical (unpaired) electrons. The van der Waals surface area contributed by atoms with E-state index in [1.165, 1.54) is 16.7 Å². The van der Waals surface area contributed by atoms with Crippen molar-refractivity contribution >= 4 is 29.4 Å². The minimum atomic E-state index is -0.173. The van der Waals surface area contributed by atoms with Crippen molar-refractivity contribution < 1.29 is 9.84 Å². The number of aromatic nitrogens is 3. The van der Waals surface area contributed by atoms with Crippen molar-refractivity contribution in [3.05, 3.63) is 42.2 Å². The third-order valence-electron chi connectivity index (χ3n) is 8.81. The van der Waals surface area contributed by atoms with Crippen molar-refractivity contribution in [3.8, 4) is 11.1 Å². The van der Waals surface area contributed by atoms with Crippen LogP contribution in [0.15, 0.2) is 36.7 Å². The van der Waals surface area contributed by atoms with Gasteiger partial charge in [-0.15, -0.1) is 12.4 Å². The van der Waals surface area contributed by atoms with Crippen LogP contribution in [0.2, 0.25) is 0 Å². The molecule has 0 spiro atoms. The fourth-order valence-corrected chi connectivity index (χ4v) is 6.14. The molecular weight excluding hydrogens is 538 g/mol. The van der Waals surface area contributed by atoms with Crippen LogP contribution in [0.4, 0.5) is 5.95 Å². The van der Waals surface area contributed by atoms with E-state index in [1.807, 2.05) is 6.20 Å². The van der Waals surface area contributed by atoms with Gasteiger partial charge in [0.25, 0.3) is 0 Å². The minimum Gasteiger partial charge on any atom is -0.393 e. The number of fused-ring (bicyclic) bond motifs is 1. The van der Waals surface area contributed by atoms with E-state index in [0.717, 1.165) is 109 Å². The SMILES string of the molecule is CCCNc1ncc2c(-c3ccc(CN4CCN(CCOC5CNC5)CC4)cc3)cn(C3CCC(O)CC3)c2n1.Cl. The van der Waals surface area contributed by atoms with E-state index >= 15 is 0 Å². The van der Waals surface area contributed by atoms with Gasteiger partial charge in [-0.1, -0.05) is 31.2 Å². The summed E-state index contributed by atoms with van der Waals surface area (Å²) in [4.78, 5) is 14.7. The van der Waals surface area contributed by atoms with Crippen molar-refractivity contribution in [2.75, 3.05) is 64.3 Å². The molecule has 0 bridgehead atoms. The number of anilines is 1. The first-order valence-electron chi connectivity index (χ1n) is 15.3. The number of halogens is 1. The van der Waals surface area contributed by atoms with E-state index < -0.39 is 0 Å². The molecule has 2 saturated heterocycles. The van der Waals surface area contributed by atoms with Gasteiger partial charge in [-0.05, 0) is 43.2 Å². The first-order valence-corrected chi connectivity index (χ1v) is 15.3. The van der Waals surface area contributed by atoms with Crippen LogP contribution in [0.5, 0.6) is 0 Å². The van der Waals surface area contributed by atoms with Crippen LogP contribution in [-0.2, 0) is 11.3 Å². The zero-order chi connectivity index (χ0) is 27.3. The van der Waals surface area contributed by atoms with Gasteiger partial charge in [-0.2, -0.15) is 4.98 Å². The number of hydrogen-bond acceptors (Lipinski definition) is 8. The Balaban J connectivity index is 0.00000337. The summed E-state index contributed by atoms with van der Waals surface area (Å²) in [7, 11) is 0. The average Bonchev–Trinajstić information content (AvgIpc) is 3.34. The van der Waals surface area contributed by atoms with Gasteiger partial charge in [0, 0.05) is 88.3 Å². The molecule has 4 heterocycles. The summed E-state index contributed by atoms with van der Waals surface area (Å²) >= 11 is 0. The molecule has 1 aromatic carbocycles. The lowest BCUT2D eigenvalue weighted by Gasteiger charge is -2.35. The molecule has 10 heteroatoms. The van der Waals surface area contributed by atoms with Crippen molar-refractivity contribution in [2.24, 2.45) is 0 Å². The molecule has 1 aliphatic carbocycles. The average molecular weight is 584 g/mol. The highest BCUT2D eigenvalue weighted by molar-refractivity contribution is 5.94. The lowest BCUT2D eigenvalue weighted by atomic mass is 9.93. The smallest absolute Gasteiger partial charge is 0.224 e. The lowest BCUT2D eigenvalue weighted by Crippen LogP contribution is -2.50. The Hall–Kier alpha value is -2.27. The summed E-state index contributed by atoms with van der Waals surface area (Å²) in [6, 6.07) is 9.42. The third-order valence-corrected chi connectivity index (χ3v) is 8.81. The summed E-state index contributed by atoms with van der Waals surface area (Å²) in [6.07, 6.45) is 9.18. The quantitative estimate of drug-likeness (QED) is 0.313. The number of aliphatic hydroxyl groups excluding tert-OH is 1. The summed E-state index contributed by atoms with van der Waals surface area (Å²) in [6.45, 7) is 12.3. The highest BCUT2D eigenvalue weighted by Gasteiger charge is 2.25. The molecule has 41 heavy (non-hydrogen) atoms. The molecule has 2 aliphatic heterocycles. The van der Waals surface area contributed by atoms with Gasteiger partial charge < -0.3 is 25.0 Å². The van der Waals surface area contributed by atoms with E-state index in [2.05, 4.69) is 67.4 Å². The second-order valence-electron chi connectivity index (χ2n) is 11.7. The van der Waals surface area contributed by atoms with Gasteiger partial charge in [0.1, 0.15) is 5.65 Å². The summed E-state index contributed by atoms with van der Waals surface area (Å²) in [5.74, 6) is 0.690. The molecular formula is C31H46ClN7O2. The fraction of sp³-hybridized carbons (Fsp3) is 0.613. The van der Waals surface area contributed by atoms with Gasteiger partial charge in [-0.3, -0.25) is 9.80 Å². The number of nitrogens with zero attached hydrogens (tertiary/aromatic N) is 5. The Bertz CT molecular complexity index is 1230. The number of hydrogen-bond donors (Lipinski definition) is 3. The largest absolute Gasteiger partial charge is 0.393 e. The monoisotopic (exact) mass is 583 g/mol. The number of rotatable bonds is 11. The van der Waals surface area contributed by atoms with E-state index in [1.54, 1.807) is 0 Å². The van der Waals surface area contributed by atoms with Gasteiger partial charge in [0.05, 0.1) is 18.8 Å². The third kappa shape index (κ3) is 7.39. The molecule has 3 aromatic rings. The molecule has 0 unspecified atom stereocenters. The minimum absolute atomic E-state index is 0. The number of aliphatic hydroxyl groups is 1. The zero-order valence-corrected chi connectivity index (χ0v) is 25.1. The molecule has 224 valence electrons. The van der Waals surface area contributed by atoms with E-state index in [-0.39, 0.29) is 18.5 Å². The van der Waals surface area contributed by atoms with Crippen molar-refractivity contribution in [1.29, 1.82) is 0 Å². The Morgan fingerprint density at radius 3 is 2.44 bits per heavy atom. The number of piperazine rings is 1. The van der Waals surface area contributed by atoms with Crippen LogP contribution in [0, 0.1) is 0 Å². The fourth-order valence-electron chi connectivity index (χ4n) is 6.14. The van der Waals surface area contributed by atoms with Crippen LogP contribution in [0.3, 0.4) is 0 Å². The second kappa shape index (κ2) is 14.3. The molecule has 6 rings (SSSR count). The van der Waals surface area contributed by atoms with Gasteiger partial charge in [0.2, 0.25) is 5.95 Å². The van der Waals surface area contributed by atoms with Gasteiger partial charge in [-0.25, -0.2) is 4.98 Å². The molecule has 0 atom stereocenters. The molecule has 2 aromatic heterocycles. The van der Waals surface area contributed by atoms with Crippen LogP contribution in [0.1, 0.15) is 50.6 Å². The van der Waals surface area contributed by atoms with Crippen LogP contribution in [-0.4, -0.2) is 101 Å². The van der Waals surface area contributed by atoms with E-state index in [4.69, 9.17) is 9.72 Å². The molecule has 0 amide bonds. The maximum Gasteiger partial charge on any atom is 0.224 e. The van der Waals surface area contributed by atoms with Crippen LogP contribution < -0.4 is 10.6 Å². The van der Waals surface area contributed by atoms with Crippen LogP contribution in [0.25, 0.3) is 22.2 Å². The Labute approximate surface area is 250 Å². The number of ether oxygens (including phenoxy) is 1. The summed E-state index contributed by atoms with van der Waals surface area (Å²) in [5, 5.41) is 17.8. The van der Waals surface area contributed by atoms with Crippen molar-refractivity contribution in [2.45, 2.75) is 63.8 Å². The molecule has 3 N–H and O–H groups in total. The van der Waals surface area contributed by atoms with Crippen molar-refractivity contribution in [1.82, 2.24) is 29.7 Å². The van der Waals surface area contributed by atoms with E-state index in [0.29, 0.717) is 18.1 Å². The van der Waals surface area contributed by atoms with Gasteiger partial charge in [0.15, 0.2) is 0 Å². The standard InChI is InChI=1S/C31H45N7O2.ClH/c1-2-11-33-31-34-20-28-29(22-38(30(28)35-31)25-7-9-26(39)10-8-25)24-5-3-23(4-6-24)21-37-14-12-36(13-15-37)16-17-40-27-18-32-19-27;/h3-6,20,22,25-27,32,39H,2,7-19,21H2,1H3,(H,33,34,35);1H. The number of benzene rings is 1. The normalized spacial score (nSPS) is 22.4. The maximum absolute atomic E-state index is 10.1. The highest BCUT2D eigenvalue weighted by Crippen LogP contribution is 2.36. The Morgan fingerprint density at radius 1 is 1.02 bits per heavy atom. The van der Waals surface area contributed by atoms with Crippen molar-refractivity contribution in [3.63, 3.8) is 0 Å². The predicted molar refractivity (Wildman–Crippen MR) is 167 cm³/mol. The first kappa shape index (κ1) is 30.2. The van der Waals surface area contributed by atoms with E-state index in [9.17, 15) is 5.11 Å². The Kier molecular flexibility index (Phi) is 10.5.